The summed E-state index contributed by atoms with van der Waals surface area (Å²) in [7, 11) is 0. The first-order valence-corrected chi connectivity index (χ1v) is 10.7. The minimum atomic E-state index is -0.318. The van der Waals surface area contributed by atoms with E-state index in [0.717, 1.165) is 0 Å². The van der Waals surface area contributed by atoms with Crippen LogP contribution in [0, 0.1) is 0 Å². The van der Waals surface area contributed by atoms with Crippen molar-refractivity contribution < 1.29 is 14.6 Å². The van der Waals surface area contributed by atoms with Crippen molar-refractivity contribution in [3.8, 4) is 17.2 Å². The zero-order chi connectivity index (χ0) is 23.7. The van der Waals surface area contributed by atoms with Crippen molar-refractivity contribution in [3.05, 3.63) is 83.6 Å². The highest BCUT2D eigenvalue weighted by molar-refractivity contribution is 5.88. The standard InChI is InChI=1S/C24H22N6O4/c25-22-21-23(27-15-26-22)30(17-13-28(14-17)20(32)7-4-12-31)24(33)29(21)16-8-10-19(11-9-16)34-18-5-2-1-3-6-18/h1-11,15,17,31H,12-14H2,(H2,25,26,27)/b7-4+. The summed E-state index contributed by atoms with van der Waals surface area (Å²) in [6.45, 7) is 0.490. The molecular weight excluding hydrogens is 436 g/mol. The number of nitrogens with two attached hydrogens (primary N) is 1. The van der Waals surface area contributed by atoms with Gasteiger partial charge in [-0.25, -0.2) is 14.8 Å². The van der Waals surface area contributed by atoms with Crippen molar-refractivity contribution in [1.82, 2.24) is 24.0 Å². The van der Waals surface area contributed by atoms with Gasteiger partial charge in [-0.15, -0.1) is 0 Å². The number of aliphatic hydroxyl groups excluding tert-OH is 1. The van der Waals surface area contributed by atoms with E-state index in [1.165, 1.54) is 23.0 Å². The summed E-state index contributed by atoms with van der Waals surface area (Å²) in [4.78, 5) is 35.6. The predicted octanol–water partition coefficient (Wildman–Crippen LogP) is 1.89. The Morgan fingerprint density at radius 3 is 2.50 bits per heavy atom. The molecule has 0 spiro atoms. The molecule has 34 heavy (non-hydrogen) atoms. The Morgan fingerprint density at radius 1 is 1.09 bits per heavy atom. The lowest BCUT2D eigenvalue weighted by Crippen LogP contribution is -2.52. The van der Waals surface area contributed by atoms with Gasteiger partial charge in [-0.05, 0) is 36.4 Å². The number of amides is 1. The molecule has 0 saturated carbocycles. The Bertz CT molecular complexity index is 1420. The molecule has 0 atom stereocenters. The number of rotatable bonds is 6. The van der Waals surface area contributed by atoms with Gasteiger partial charge in [-0.3, -0.25) is 13.9 Å². The maximum absolute atomic E-state index is 13.5. The van der Waals surface area contributed by atoms with Crippen LogP contribution in [0.25, 0.3) is 16.9 Å². The summed E-state index contributed by atoms with van der Waals surface area (Å²) in [5.74, 6) is 1.30. The fraction of sp³-hybridized carbons (Fsp3) is 0.167. The number of fused-ring (bicyclic) bond motifs is 1. The Morgan fingerprint density at radius 2 is 1.79 bits per heavy atom. The van der Waals surface area contributed by atoms with E-state index in [0.29, 0.717) is 41.4 Å². The number of hydrogen-bond donors (Lipinski definition) is 2. The van der Waals surface area contributed by atoms with Crippen molar-refractivity contribution in [2.75, 3.05) is 25.4 Å². The average molecular weight is 458 g/mol. The highest BCUT2D eigenvalue weighted by Gasteiger charge is 2.35. The molecule has 5 rings (SSSR count). The molecule has 3 N–H and O–H groups in total. The number of imidazole rings is 1. The van der Waals surface area contributed by atoms with Crippen LogP contribution in [0.1, 0.15) is 6.04 Å². The number of ether oxygens (including phenoxy) is 1. The lowest BCUT2D eigenvalue weighted by atomic mass is 10.1. The van der Waals surface area contributed by atoms with E-state index in [-0.39, 0.29) is 30.1 Å². The monoisotopic (exact) mass is 458 g/mol. The van der Waals surface area contributed by atoms with Crippen LogP contribution in [0.4, 0.5) is 5.82 Å². The molecule has 10 nitrogen and oxygen atoms in total. The highest BCUT2D eigenvalue weighted by atomic mass is 16.5. The molecule has 172 valence electrons. The number of nitrogen functional groups attached to an aromatic ring is 1. The molecule has 0 aliphatic carbocycles. The van der Waals surface area contributed by atoms with Crippen LogP contribution < -0.4 is 16.2 Å². The number of nitrogens with zero attached hydrogens (tertiary/aromatic N) is 5. The topological polar surface area (TPSA) is 128 Å². The molecule has 1 aliphatic heterocycles. The smallest absolute Gasteiger partial charge is 0.335 e. The van der Waals surface area contributed by atoms with E-state index >= 15 is 0 Å². The summed E-state index contributed by atoms with van der Waals surface area (Å²) in [5.41, 5.74) is 7.25. The van der Waals surface area contributed by atoms with Crippen LogP contribution in [0.2, 0.25) is 0 Å². The molecule has 1 aliphatic rings. The Balaban J connectivity index is 1.48. The van der Waals surface area contributed by atoms with Crippen molar-refractivity contribution in [3.63, 3.8) is 0 Å². The Labute approximate surface area is 194 Å². The Kier molecular flexibility index (Phi) is 5.56. The van der Waals surface area contributed by atoms with Crippen LogP contribution in [0.5, 0.6) is 11.5 Å². The molecule has 10 heteroatoms. The third-order valence-electron chi connectivity index (χ3n) is 5.66. The highest BCUT2D eigenvalue weighted by Crippen LogP contribution is 2.28. The molecule has 4 aromatic rings. The summed E-state index contributed by atoms with van der Waals surface area (Å²) < 4.78 is 8.88. The van der Waals surface area contributed by atoms with E-state index in [2.05, 4.69) is 9.97 Å². The van der Waals surface area contributed by atoms with Gasteiger partial charge >= 0.3 is 5.69 Å². The molecular formula is C24H22N6O4. The molecule has 1 amide bonds. The first-order chi connectivity index (χ1) is 16.6. The fourth-order valence-electron chi connectivity index (χ4n) is 3.98. The summed E-state index contributed by atoms with van der Waals surface area (Å²) in [6.07, 6.45) is 4.02. The second-order valence-electron chi connectivity index (χ2n) is 7.81. The van der Waals surface area contributed by atoms with Gasteiger partial charge < -0.3 is 20.5 Å². The molecule has 2 aromatic heterocycles. The second kappa shape index (κ2) is 8.83. The number of para-hydroxylation sites is 1. The average Bonchev–Trinajstić information content (AvgIpc) is 3.11. The van der Waals surface area contributed by atoms with Gasteiger partial charge in [0, 0.05) is 19.2 Å². The maximum atomic E-state index is 13.5. The number of carbonyl (C=O) groups is 1. The first kappa shape index (κ1) is 21.4. The van der Waals surface area contributed by atoms with Gasteiger partial charge in [0.05, 0.1) is 18.3 Å². The van der Waals surface area contributed by atoms with E-state index < -0.39 is 0 Å². The van der Waals surface area contributed by atoms with Gasteiger partial charge in [-0.2, -0.15) is 0 Å². The lowest BCUT2D eigenvalue weighted by Gasteiger charge is -2.38. The van der Waals surface area contributed by atoms with Crippen LogP contribution in [-0.4, -0.2) is 54.7 Å². The molecule has 3 heterocycles. The molecule has 0 bridgehead atoms. The fourth-order valence-corrected chi connectivity index (χ4v) is 3.98. The van der Waals surface area contributed by atoms with E-state index in [4.69, 9.17) is 15.6 Å². The third-order valence-corrected chi connectivity index (χ3v) is 5.66. The van der Waals surface area contributed by atoms with Gasteiger partial charge in [0.1, 0.15) is 23.3 Å². The number of hydrogen-bond acceptors (Lipinski definition) is 7. The van der Waals surface area contributed by atoms with Crippen LogP contribution in [-0.2, 0) is 4.79 Å². The van der Waals surface area contributed by atoms with E-state index in [1.807, 2.05) is 30.3 Å². The minimum Gasteiger partial charge on any atom is -0.457 e. The van der Waals surface area contributed by atoms with Crippen LogP contribution >= 0.6 is 0 Å². The quantitative estimate of drug-likeness (QED) is 0.422. The molecule has 2 aromatic carbocycles. The maximum Gasteiger partial charge on any atom is 0.335 e. The second-order valence-corrected chi connectivity index (χ2v) is 7.81. The van der Waals surface area contributed by atoms with Crippen LogP contribution in [0.3, 0.4) is 0 Å². The molecule has 1 fully saturated rings. The predicted molar refractivity (Wildman–Crippen MR) is 126 cm³/mol. The van der Waals surface area contributed by atoms with Crippen molar-refractivity contribution in [2.45, 2.75) is 6.04 Å². The van der Waals surface area contributed by atoms with Gasteiger partial charge in [0.2, 0.25) is 5.91 Å². The van der Waals surface area contributed by atoms with Crippen molar-refractivity contribution >= 4 is 22.9 Å². The summed E-state index contributed by atoms with van der Waals surface area (Å²) >= 11 is 0. The number of anilines is 1. The third kappa shape index (κ3) is 3.80. The number of likely N-dealkylation sites (tertiary alicyclic amines) is 1. The molecule has 0 radical (unpaired) electrons. The van der Waals surface area contributed by atoms with E-state index in [1.54, 1.807) is 33.7 Å². The number of aliphatic hydroxyl groups is 1. The zero-order valence-electron chi connectivity index (χ0n) is 18.1. The normalized spacial score (nSPS) is 14.0. The SMILES string of the molecule is Nc1ncnc2c1n(-c1ccc(Oc3ccccc3)cc1)c(=O)n2C1CN(C(=O)/C=C/CO)C1. The lowest BCUT2D eigenvalue weighted by molar-refractivity contribution is -0.131. The number of carbonyl (C=O) groups excluding carboxylic acids is 1. The molecule has 1 saturated heterocycles. The summed E-state index contributed by atoms with van der Waals surface area (Å²) in [6, 6.07) is 16.2. The minimum absolute atomic E-state index is 0.184. The van der Waals surface area contributed by atoms with Gasteiger partial charge in [0.25, 0.3) is 0 Å². The van der Waals surface area contributed by atoms with Crippen molar-refractivity contribution in [2.24, 2.45) is 0 Å². The van der Waals surface area contributed by atoms with E-state index in [9.17, 15) is 9.59 Å². The first-order valence-electron chi connectivity index (χ1n) is 10.7. The Hall–Kier alpha value is -4.44. The summed E-state index contributed by atoms with van der Waals surface area (Å²) in [5, 5.41) is 8.86. The zero-order valence-corrected chi connectivity index (χ0v) is 18.1. The number of aromatic nitrogens is 4. The van der Waals surface area contributed by atoms with Gasteiger partial charge in [0.15, 0.2) is 11.5 Å². The van der Waals surface area contributed by atoms with Gasteiger partial charge in [-0.1, -0.05) is 24.3 Å². The number of benzene rings is 2. The molecule has 0 unspecified atom stereocenters. The largest absolute Gasteiger partial charge is 0.457 e. The van der Waals surface area contributed by atoms with Crippen molar-refractivity contribution in [1.29, 1.82) is 0 Å². The van der Waals surface area contributed by atoms with Crippen LogP contribution in [0.15, 0.2) is 77.9 Å².